The summed E-state index contributed by atoms with van der Waals surface area (Å²) in [5, 5.41) is 3.04. The lowest BCUT2D eigenvalue weighted by molar-refractivity contribution is -0.126. The minimum absolute atomic E-state index is 0.0274. The molecule has 0 radical (unpaired) electrons. The first kappa shape index (κ1) is 12.6. The van der Waals surface area contributed by atoms with Gasteiger partial charge in [-0.25, -0.2) is 0 Å². The van der Waals surface area contributed by atoms with Crippen LogP contribution < -0.4 is 11.1 Å². The van der Waals surface area contributed by atoms with E-state index in [1.54, 1.807) is 0 Å². The van der Waals surface area contributed by atoms with Gasteiger partial charge in [-0.1, -0.05) is 28.1 Å². The van der Waals surface area contributed by atoms with E-state index in [2.05, 4.69) is 21.2 Å². The van der Waals surface area contributed by atoms with Crippen LogP contribution in [0.5, 0.6) is 0 Å². The summed E-state index contributed by atoms with van der Waals surface area (Å²) >= 11 is 3.39. The molecule has 0 aromatic heterocycles. The largest absolute Gasteiger partial charge is 0.349 e. The lowest BCUT2D eigenvalue weighted by Crippen LogP contribution is -2.37. The van der Waals surface area contributed by atoms with Gasteiger partial charge in [0.2, 0.25) is 5.91 Å². The number of carbonyl (C=O) groups excluding carboxylic acids is 1. The van der Waals surface area contributed by atoms with Gasteiger partial charge in [0.05, 0.1) is 11.5 Å². The highest BCUT2D eigenvalue weighted by molar-refractivity contribution is 9.10. The zero-order valence-electron chi connectivity index (χ0n) is 9.87. The monoisotopic (exact) mass is 296 g/mol. The molecule has 1 aliphatic carbocycles. The molecule has 0 spiro atoms. The van der Waals surface area contributed by atoms with Crippen LogP contribution in [-0.4, -0.2) is 12.5 Å². The van der Waals surface area contributed by atoms with Crippen molar-refractivity contribution in [1.29, 1.82) is 0 Å². The molecule has 0 heterocycles. The Balaban J connectivity index is 1.99. The second kappa shape index (κ2) is 4.78. The molecule has 0 saturated heterocycles. The highest BCUT2D eigenvalue weighted by atomic mass is 79.9. The van der Waals surface area contributed by atoms with Crippen LogP contribution in [0.2, 0.25) is 0 Å². The Kier molecular flexibility index (Phi) is 3.54. The summed E-state index contributed by atoms with van der Waals surface area (Å²) in [6.07, 6.45) is 1.84. The maximum Gasteiger partial charge on any atom is 0.227 e. The van der Waals surface area contributed by atoms with Crippen molar-refractivity contribution in [2.75, 3.05) is 6.54 Å². The second-order valence-electron chi connectivity index (χ2n) is 4.73. The van der Waals surface area contributed by atoms with Crippen LogP contribution in [0, 0.1) is 5.41 Å². The predicted molar refractivity (Wildman–Crippen MR) is 71.4 cm³/mol. The van der Waals surface area contributed by atoms with Crippen molar-refractivity contribution in [3.63, 3.8) is 0 Å². The van der Waals surface area contributed by atoms with Gasteiger partial charge in [0.25, 0.3) is 0 Å². The van der Waals surface area contributed by atoms with E-state index in [4.69, 9.17) is 5.73 Å². The average Bonchev–Trinajstić information content (AvgIpc) is 3.10. The maximum atomic E-state index is 12.0. The first-order valence-corrected chi connectivity index (χ1v) is 6.63. The molecule has 92 valence electrons. The molecule has 2 rings (SSSR count). The van der Waals surface area contributed by atoms with Crippen molar-refractivity contribution in [3.8, 4) is 0 Å². The van der Waals surface area contributed by atoms with E-state index in [0.29, 0.717) is 6.54 Å². The molecule has 1 saturated carbocycles. The SMILES string of the molecule is C[C@H](NC(=O)C1(CN)CC1)c1ccc(Br)cc1. The molecule has 1 atom stereocenters. The van der Waals surface area contributed by atoms with Gasteiger partial charge in [-0.05, 0) is 37.5 Å². The lowest BCUT2D eigenvalue weighted by Gasteiger charge is -2.18. The van der Waals surface area contributed by atoms with Gasteiger partial charge in [0.15, 0.2) is 0 Å². The number of amides is 1. The first-order valence-electron chi connectivity index (χ1n) is 5.84. The molecular formula is C13H17BrN2O. The highest BCUT2D eigenvalue weighted by Gasteiger charge is 2.48. The molecule has 1 aromatic rings. The fraction of sp³-hybridized carbons (Fsp3) is 0.462. The Bertz CT molecular complexity index is 412. The van der Waals surface area contributed by atoms with Crippen LogP contribution in [0.4, 0.5) is 0 Å². The molecule has 1 fully saturated rings. The van der Waals surface area contributed by atoms with Gasteiger partial charge >= 0.3 is 0 Å². The van der Waals surface area contributed by atoms with Gasteiger partial charge < -0.3 is 11.1 Å². The number of hydrogen-bond acceptors (Lipinski definition) is 2. The molecule has 0 unspecified atom stereocenters. The van der Waals surface area contributed by atoms with E-state index in [0.717, 1.165) is 22.9 Å². The average molecular weight is 297 g/mol. The number of nitrogens with two attached hydrogens (primary N) is 1. The molecule has 17 heavy (non-hydrogen) atoms. The van der Waals surface area contributed by atoms with E-state index >= 15 is 0 Å². The smallest absolute Gasteiger partial charge is 0.227 e. The zero-order chi connectivity index (χ0) is 12.5. The van der Waals surface area contributed by atoms with Crippen molar-refractivity contribution in [1.82, 2.24) is 5.32 Å². The lowest BCUT2D eigenvalue weighted by atomic mass is 10.0. The number of benzene rings is 1. The predicted octanol–water partition coefficient (Wildman–Crippen LogP) is 2.37. The van der Waals surface area contributed by atoms with Gasteiger partial charge in [-0.15, -0.1) is 0 Å². The third-order valence-electron chi connectivity index (χ3n) is 3.44. The molecule has 4 heteroatoms. The standard InChI is InChI=1S/C13H17BrN2O/c1-9(10-2-4-11(14)5-3-10)16-12(17)13(8-15)6-7-13/h2-5,9H,6-8,15H2,1H3,(H,16,17)/t9-/m0/s1. The third kappa shape index (κ3) is 2.69. The van der Waals surface area contributed by atoms with Gasteiger partial charge in [-0.2, -0.15) is 0 Å². The number of rotatable bonds is 4. The van der Waals surface area contributed by atoms with Crippen molar-refractivity contribution in [2.24, 2.45) is 11.1 Å². The number of nitrogens with one attached hydrogen (secondary N) is 1. The van der Waals surface area contributed by atoms with Crippen LogP contribution in [0.3, 0.4) is 0 Å². The molecule has 3 nitrogen and oxygen atoms in total. The second-order valence-corrected chi connectivity index (χ2v) is 5.65. The van der Waals surface area contributed by atoms with E-state index in [9.17, 15) is 4.79 Å². The number of hydrogen-bond donors (Lipinski definition) is 2. The fourth-order valence-electron chi connectivity index (χ4n) is 1.86. The molecule has 1 aliphatic rings. The van der Waals surface area contributed by atoms with Gasteiger partial charge in [0.1, 0.15) is 0 Å². The van der Waals surface area contributed by atoms with E-state index < -0.39 is 0 Å². The number of halogens is 1. The quantitative estimate of drug-likeness (QED) is 0.896. The molecule has 1 amide bonds. The normalized spacial score (nSPS) is 18.5. The Labute approximate surface area is 110 Å². The minimum Gasteiger partial charge on any atom is -0.349 e. The Hall–Kier alpha value is -0.870. The van der Waals surface area contributed by atoms with Crippen LogP contribution in [0.1, 0.15) is 31.4 Å². The van der Waals surface area contributed by atoms with Crippen LogP contribution in [0.25, 0.3) is 0 Å². The molecule has 3 N–H and O–H groups in total. The summed E-state index contributed by atoms with van der Waals surface area (Å²) in [4.78, 5) is 12.0. The summed E-state index contributed by atoms with van der Waals surface area (Å²) in [5.41, 5.74) is 6.47. The molecule has 1 aromatic carbocycles. The van der Waals surface area contributed by atoms with Crippen molar-refractivity contribution >= 4 is 21.8 Å². The zero-order valence-corrected chi connectivity index (χ0v) is 11.5. The van der Waals surface area contributed by atoms with Crippen molar-refractivity contribution < 1.29 is 4.79 Å². The molecule has 0 aliphatic heterocycles. The Morgan fingerprint density at radius 2 is 2.06 bits per heavy atom. The maximum absolute atomic E-state index is 12.0. The van der Waals surface area contributed by atoms with Crippen LogP contribution in [-0.2, 0) is 4.79 Å². The topological polar surface area (TPSA) is 55.1 Å². The summed E-state index contributed by atoms with van der Waals surface area (Å²) in [6.45, 7) is 2.44. The summed E-state index contributed by atoms with van der Waals surface area (Å²) in [6, 6.07) is 8.01. The summed E-state index contributed by atoms with van der Waals surface area (Å²) in [5.74, 6) is 0.0930. The number of carbonyl (C=O) groups is 1. The highest BCUT2D eigenvalue weighted by Crippen LogP contribution is 2.45. The van der Waals surface area contributed by atoms with Gasteiger partial charge in [-0.3, -0.25) is 4.79 Å². The van der Waals surface area contributed by atoms with E-state index in [-0.39, 0.29) is 17.4 Å². The van der Waals surface area contributed by atoms with Crippen LogP contribution >= 0.6 is 15.9 Å². The summed E-state index contributed by atoms with van der Waals surface area (Å²) in [7, 11) is 0. The van der Waals surface area contributed by atoms with Crippen molar-refractivity contribution in [2.45, 2.75) is 25.8 Å². The first-order chi connectivity index (χ1) is 8.07. The fourth-order valence-corrected chi connectivity index (χ4v) is 2.12. The van der Waals surface area contributed by atoms with E-state index in [1.807, 2.05) is 31.2 Å². The summed E-state index contributed by atoms with van der Waals surface area (Å²) < 4.78 is 1.04. The Morgan fingerprint density at radius 1 is 1.47 bits per heavy atom. The van der Waals surface area contributed by atoms with E-state index in [1.165, 1.54) is 0 Å². The van der Waals surface area contributed by atoms with Gasteiger partial charge in [0, 0.05) is 11.0 Å². The third-order valence-corrected chi connectivity index (χ3v) is 3.97. The molecular weight excluding hydrogens is 280 g/mol. The van der Waals surface area contributed by atoms with Crippen molar-refractivity contribution in [3.05, 3.63) is 34.3 Å². The minimum atomic E-state index is -0.274. The van der Waals surface area contributed by atoms with Crippen LogP contribution in [0.15, 0.2) is 28.7 Å². The Morgan fingerprint density at radius 3 is 2.53 bits per heavy atom. The molecule has 0 bridgehead atoms.